The molecule has 0 bridgehead atoms. The van der Waals surface area contributed by atoms with Crippen LogP contribution in [0.15, 0.2) is 12.2 Å². The van der Waals surface area contributed by atoms with Crippen molar-refractivity contribution in [1.29, 1.82) is 0 Å². The normalized spacial score (nSPS) is 23.5. The minimum absolute atomic E-state index is 0. The van der Waals surface area contributed by atoms with E-state index in [0.717, 1.165) is 25.7 Å². The molecule has 1 atom stereocenters. The lowest BCUT2D eigenvalue weighted by Gasteiger charge is -2.02. The number of halogens is 1. The topological polar surface area (TPSA) is 37.3 Å². The number of carboxylic acid groups (broad SMARTS) is 1. The van der Waals surface area contributed by atoms with Crippen molar-refractivity contribution in [3.63, 3.8) is 0 Å². The van der Waals surface area contributed by atoms with Gasteiger partial charge in [-0.15, -0.1) is 12.4 Å². The molecule has 0 saturated carbocycles. The number of carboxylic acids is 1. The highest BCUT2D eigenvalue weighted by Crippen LogP contribution is 2.16. The molecule has 0 aromatic carbocycles. The Morgan fingerprint density at radius 1 is 1.45 bits per heavy atom. The van der Waals surface area contributed by atoms with Crippen LogP contribution in [-0.4, -0.2) is 11.1 Å². The van der Waals surface area contributed by atoms with Crippen LogP contribution in [0.25, 0.3) is 0 Å². The van der Waals surface area contributed by atoms with Crippen molar-refractivity contribution in [2.45, 2.75) is 25.7 Å². The fourth-order valence-corrected chi connectivity index (χ4v) is 1.19. The summed E-state index contributed by atoms with van der Waals surface area (Å²) in [6.45, 7) is 0. The second-order valence-corrected chi connectivity index (χ2v) is 2.66. The monoisotopic (exact) mass is 176 g/mol. The van der Waals surface area contributed by atoms with E-state index in [0.29, 0.717) is 0 Å². The second kappa shape index (κ2) is 5.19. The Kier molecular flexibility index (Phi) is 4.95. The molecule has 1 unspecified atom stereocenters. The van der Waals surface area contributed by atoms with Gasteiger partial charge in [-0.2, -0.15) is 0 Å². The van der Waals surface area contributed by atoms with E-state index < -0.39 is 5.97 Å². The van der Waals surface area contributed by atoms with Gasteiger partial charge in [0.15, 0.2) is 0 Å². The van der Waals surface area contributed by atoms with Crippen molar-refractivity contribution in [3.05, 3.63) is 12.2 Å². The molecule has 0 aromatic rings. The summed E-state index contributed by atoms with van der Waals surface area (Å²) in [4.78, 5) is 10.5. The van der Waals surface area contributed by atoms with Crippen LogP contribution in [0.2, 0.25) is 0 Å². The lowest BCUT2D eigenvalue weighted by atomic mass is 10.0. The fraction of sp³-hybridized carbons (Fsp3) is 0.625. The van der Waals surface area contributed by atoms with E-state index in [1.807, 2.05) is 12.2 Å². The maximum absolute atomic E-state index is 10.5. The summed E-state index contributed by atoms with van der Waals surface area (Å²) in [6, 6.07) is 0. The van der Waals surface area contributed by atoms with E-state index in [2.05, 4.69) is 0 Å². The van der Waals surface area contributed by atoms with Crippen LogP contribution < -0.4 is 0 Å². The first-order valence-corrected chi connectivity index (χ1v) is 3.70. The summed E-state index contributed by atoms with van der Waals surface area (Å²) in [5.74, 6) is -0.902. The quantitative estimate of drug-likeness (QED) is 0.623. The number of carbonyl (C=O) groups is 1. The first-order valence-electron chi connectivity index (χ1n) is 3.70. The minimum Gasteiger partial charge on any atom is -0.481 e. The number of hydrogen-bond donors (Lipinski definition) is 1. The van der Waals surface area contributed by atoms with Crippen molar-refractivity contribution < 1.29 is 9.90 Å². The Morgan fingerprint density at radius 2 is 2.18 bits per heavy atom. The lowest BCUT2D eigenvalue weighted by molar-refractivity contribution is -0.140. The van der Waals surface area contributed by atoms with Crippen LogP contribution in [0.1, 0.15) is 25.7 Å². The molecule has 0 amide bonds. The molecule has 1 rings (SSSR count). The van der Waals surface area contributed by atoms with Crippen LogP contribution in [0.3, 0.4) is 0 Å². The van der Waals surface area contributed by atoms with Gasteiger partial charge in [-0.25, -0.2) is 0 Å². The zero-order valence-electron chi connectivity index (χ0n) is 6.32. The molecular weight excluding hydrogens is 164 g/mol. The van der Waals surface area contributed by atoms with Crippen molar-refractivity contribution in [3.8, 4) is 0 Å². The predicted octanol–water partition coefficient (Wildman–Crippen LogP) is 2.24. The molecule has 1 aliphatic rings. The smallest absolute Gasteiger partial charge is 0.310 e. The minimum atomic E-state index is -0.682. The standard InChI is InChI=1S/C8H12O2.ClH/c9-8(10)7-5-3-1-2-4-6-7;/h3,5,7H,1-2,4,6H2,(H,9,10);1H. The molecule has 0 radical (unpaired) electrons. The third kappa shape index (κ3) is 3.42. The van der Waals surface area contributed by atoms with Crippen molar-refractivity contribution in [1.82, 2.24) is 0 Å². The Labute approximate surface area is 72.7 Å². The lowest BCUT2D eigenvalue weighted by Crippen LogP contribution is -2.09. The van der Waals surface area contributed by atoms with E-state index in [1.165, 1.54) is 0 Å². The van der Waals surface area contributed by atoms with E-state index >= 15 is 0 Å². The highest BCUT2D eigenvalue weighted by atomic mass is 35.5. The molecule has 0 aliphatic heterocycles. The van der Waals surface area contributed by atoms with Gasteiger partial charge >= 0.3 is 5.97 Å². The number of allylic oxidation sites excluding steroid dienone is 1. The number of hydrogen-bond acceptors (Lipinski definition) is 1. The summed E-state index contributed by atoms with van der Waals surface area (Å²) in [6.07, 6.45) is 7.83. The van der Waals surface area contributed by atoms with E-state index in [1.54, 1.807) is 0 Å². The van der Waals surface area contributed by atoms with Crippen molar-refractivity contribution in [2.75, 3.05) is 0 Å². The van der Waals surface area contributed by atoms with E-state index in [4.69, 9.17) is 5.11 Å². The number of rotatable bonds is 1. The molecule has 0 saturated heterocycles. The van der Waals surface area contributed by atoms with Crippen LogP contribution in [0, 0.1) is 5.92 Å². The summed E-state index contributed by atoms with van der Waals surface area (Å²) in [5.41, 5.74) is 0. The fourth-order valence-electron chi connectivity index (χ4n) is 1.19. The Morgan fingerprint density at radius 3 is 2.82 bits per heavy atom. The average molecular weight is 177 g/mol. The first-order chi connectivity index (χ1) is 4.80. The Hall–Kier alpha value is -0.500. The van der Waals surface area contributed by atoms with E-state index in [-0.39, 0.29) is 18.3 Å². The SMILES string of the molecule is Cl.O=C(O)C1C=CCCCC1. The van der Waals surface area contributed by atoms with Crippen LogP contribution in [-0.2, 0) is 4.79 Å². The van der Waals surface area contributed by atoms with Gasteiger partial charge in [0.2, 0.25) is 0 Å². The summed E-state index contributed by atoms with van der Waals surface area (Å²) in [5, 5.41) is 8.61. The van der Waals surface area contributed by atoms with E-state index in [9.17, 15) is 4.79 Å². The maximum Gasteiger partial charge on any atom is 0.310 e. The second-order valence-electron chi connectivity index (χ2n) is 2.66. The highest BCUT2D eigenvalue weighted by molar-refractivity contribution is 5.85. The molecule has 0 heterocycles. The van der Waals surface area contributed by atoms with Gasteiger partial charge in [-0.3, -0.25) is 4.79 Å². The molecule has 0 fully saturated rings. The summed E-state index contributed by atoms with van der Waals surface area (Å²) < 4.78 is 0. The van der Waals surface area contributed by atoms with Gasteiger partial charge in [0, 0.05) is 0 Å². The molecule has 2 nitrogen and oxygen atoms in total. The molecule has 3 heteroatoms. The first kappa shape index (κ1) is 10.5. The zero-order valence-corrected chi connectivity index (χ0v) is 7.14. The number of aliphatic carboxylic acids is 1. The maximum atomic E-state index is 10.5. The van der Waals surface area contributed by atoms with Gasteiger partial charge in [0.25, 0.3) is 0 Å². The van der Waals surface area contributed by atoms with Crippen LogP contribution in [0.5, 0.6) is 0 Å². The molecular formula is C8H13ClO2. The largest absolute Gasteiger partial charge is 0.481 e. The molecule has 1 N–H and O–H groups in total. The summed E-state index contributed by atoms with van der Waals surface area (Å²) in [7, 11) is 0. The third-order valence-corrected chi connectivity index (χ3v) is 1.82. The highest BCUT2D eigenvalue weighted by Gasteiger charge is 2.13. The van der Waals surface area contributed by atoms with Gasteiger partial charge in [0.05, 0.1) is 5.92 Å². The van der Waals surface area contributed by atoms with Gasteiger partial charge in [-0.05, 0) is 19.3 Å². The van der Waals surface area contributed by atoms with Crippen LogP contribution >= 0.6 is 12.4 Å². The molecule has 1 aliphatic carbocycles. The molecule has 0 aromatic heterocycles. The molecule has 11 heavy (non-hydrogen) atoms. The van der Waals surface area contributed by atoms with Gasteiger partial charge < -0.3 is 5.11 Å². The molecule has 64 valence electrons. The zero-order chi connectivity index (χ0) is 7.40. The summed E-state index contributed by atoms with van der Waals surface area (Å²) >= 11 is 0. The van der Waals surface area contributed by atoms with Gasteiger partial charge in [0.1, 0.15) is 0 Å². The van der Waals surface area contributed by atoms with Crippen molar-refractivity contribution >= 4 is 18.4 Å². The predicted molar refractivity (Wildman–Crippen MR) is 46.0 cm³/mol. The third-order valence-electron chi connectivity index (χ3n) is 1.82. The Balaban J connectivity index is 0.000001000. The average Bonchev–Trinajstić information content (AvgIpc) is 2.12. The van der Waals surface area contributed by atoms with Crippen LogP contribution in [0.4, 0.5) is 0 Å². The molecule has 0 spiro atoms. The van der Waals surface area contributed by atoms with Crippen molar-refractivity contribution in [2.24, 2.45) is 5.92 Å². The Bertz CT molecular complexity index is 154. The van der Waals surface area contributed by atoms with Gasteiger partial charge in [-0.1, -0.05) is 18.6 Å².